The third kappa shape index (κ3) is 4.99. The Balaban J connectivity index is 1.52. The van der Waals surface area contributed by atoms with Crippen LogP contribution in [0.25, 0.3) is 5.69 Å². The zero-order valence-corrected chi connectivity index (χ0v) is 18.0. The molecule has 0 saturated heterocycles. The molecule has 0 fully saturated rings. The van der Waals surface area contributed by atoms with Crippen LogP contribution in [-0.2, 0) is 11.4 Å². The van der Waals surface area contributed by atoms with E-state index in [2.05, 4.69) is 20.5 Å². The minimum absolute atomic E-state index is 0.161. The molecule has 30 heavy (non-hydrogen) atoms. The van der Waals surface area contributed by atoms with Gasteiger partial charge in [0.15, 0.2) is 16.1 Å². The normalized spacial score (nSPS) is 10.7. The van der Waals surface area contributed by atoms with Gasteiger partial charge in [-0.15, -0.1) is 21.5 Å². The van der Waals surface area contributed by atoms with Gasteiger partial charge in [0, 0.05) is 17.3 Å². The molecule has 1 amide bonds. The van der Waals surface area contributed by atoms with Gasteiger partial charge in [0.2, 0.25) is 5.91 Å². The molecule has 10 heteroatoms. The molecule has 4 aromatic rings. The molecule has 2 aromatic carbocycles. The van der Waals surface area contributed by atoms with Gasteiger partial charge >= 0.3 is 0 Å². The third-order valence-corrected chi connectivity index (χ3v) is 5.85. The lowest BCUT2D eigenvalue weighted by atomic mass is 10.3. The first-order valence-electron chi connectivity index (χ1n) is 8.90. The summed E-state index contributed by atoms with van der Waals surface area (Å²) in [6.45, 7) is 0.178. The Labute approximate surface area is 186 Å². The summed E-state index contributed by atoms with van der Waals surface area (Å²) < 4.78 is 7.72. The van der Waals surface area contributed by atoms with Crippen LogP contribution >= 0.6 is 34.7 Å². The van der Waals surface area contributed by atoms with E-state index in [9.17, 15) is 4.79 Å². The highest BCUT2D eigenvalue weighted by atomic mass is 35.5. The molecule has 2 heterocycles. The number of amides is 1. The van der Waals surface area contributed by atoms with Gasteiger partial charge < -0.3 is 10.1 Å². The SMILES string of the molecule is O=C(CSc1nnc(COc2ccccc2Cl)n1-c1ccccc1)Nc1nccs1. The summed E-state index contributed by atoms with van der Waals surface area (Å²) in [5, 5.41) is 14.8. The van der Waals surface area contributed by atoms with E-state index in [4.69, 9.17) is 16.3 Å². The third-order valence-electron chi connectivity index (χ3n) is 3.92. The number of hydrogen-bond acceptors (Lipinski definition) is 7. The van der Waals surface area contributed by atoms with E-state index in [0.29, 0.717) is 26.9 Å². The second-order valence-electron chi connectivity index (χ2n) is 5.96. The number of para-hydroxylation sites is 2. The molecule has 0 bridgehead atoms. The van der Waals surface area contributed by atoms with Crippen molar-refractivity contribution < 1.29 is 9.53 Å². The Morgan fingerprint density at radius 3 is 2.70 bits per heavy atom. The molecule has 0 aliphatic rings. The maximum atomic E-state index is 12.2. The van der Waals surface area contributed by atoms with E-state index in [0.717, 1.165) is 5.69 Å². The highest BCUT2D eigenvalue weighted by Gasteiger charge is 2.17. The largest absolute Gasteiger partial charge is 0.484 e. The average Bonchev–Trinajstić information content (AvgIpc) is 3.42. The highest BCUT2D eigenvalue weighted by molar-refractivity contribution is 7.99. The number of aromatic nitrogens is 4. The van der Waals surface area contributed by atoms with Crippen molar-refractivity contribution in [3.63, 3.8) is 0 Å². The van der Waals surface area contributed by atoms with Crippen LogP contribution in [0.2, 0.25) is 5.02 Å². The number of rotatable bonds is 8. The van der Waals surface area contributed by atoms with Gasteiger partial charge in [-0.2, -0.15) is 0 Å². The predicted octanol–water partition coefficient (Wildman–Crippen LogP) is 4.69. The molecule has 0 unspecified atom stereocenters. The Kier molecular flexibility index (Phi) is 6.63. The zero-order chi connectivity index (χ0) is 20.8. The summed E-state index contributed by atoms with van der Waals surface area (Å²) >= 11 is 8.83. The summed E-state index contributed by atoms with van der Waals surface area (Å²) in [5.74, 6) is 1.19. The van der Waals surface area contributed by atoms with Crippen LogP contribution in [0.3, 0.4) is 0 Å². The van der Waals surface area contributed by atoms with Crippen LogP contribution in [0.15, 0.2) is 71.3 Å². The van der Waals surface area contributed by atoms with E-state index in [1.807, 2.05) is 47.0 Å². The number of ether oxygens (including phenoxy) is 1. The van der Waals surface area contributed by atoms with E-state index in [1.165, 1.54) is 23.1 Å². The molecular weight excluding hydrogens is 442 g/mol. The lowest BCUT2D eigenvalue weighted by molar-refractivity contribution is -0.113. The zero-order valence-electron chi connectivity index (χ0n) is 15.6. The molecule has 0 aliphatic carbocycles. The fourth-order valence-electron chi connectivity index (χ4n) is 2.60. The summed E-state index contributed by atoms with van der Waals surface area (Å²) in [7, 11) is 0. The molecular formula is C20H16ClN5O2S2. The van der Waals surface area contributed by atoms with Crippen molar-refractivity contribution in [2.45, 2.75) is 11.8 Å². The van der Waals surface area contributed by atoms with Crippen molar-refractivity contribution in [3.8, 4) is 11.4 Å². The Morgan fingerprint density at radius 2 is 1.93 bits per heavy atom. The van der Waals surface area contributed by atoms with E-state index in [1.54, 1.807) is 23.7 Å². The molecule has 4 rings (SSSR count). The molecule has 0 aliphatic heterocycles. The van der Waals surface area contributed by atoms with Gasteiger partial charge in [-0.05, 0) is 24.3 Å². The number of anilines is 1. The molecule has 0 radical (unpaired) electrons. The van der Waals surface area contributed by atoms with Crippen LogP contribution in [0.4, 0.5) is 5.13 Å². The van der Waals surface area contributed by atoms with Gasteiger partial charge in [-0.3, -0.25) is 9.36 Å². The van der Waals surface area contributed by atoms with E-state index in [-0.39, 0.29) is 18.3 Å². The standard InChI is InChI=1S/C20H16ClN5O2S2/c21-15-8-4-5-9-16(15)28-12-17-24-25-20(26(17)14-6-2-1-3-7-14)30-13-18(27)23-19-22-10-11-29-19/h1-11H,12-13H2,(H,22,23,27). The number of hydrogen-bond donors (Lipinski definition) is 1. The number of carbonyl (C=O) groups is 1. The summed E-state index contributed by atoms with van der Waals surface area (Å²) in [5.41, 5.74) is 0.878. The Bertz CT molecular complexity index is 1120. The predicted molar refractivity (Wildman–Crippen MR) is 119 cm³/mol. The van der Waals surface area contributed by atoms with Gasteiger partial charge in [-0.1, -0.05) is 53.7 Å². The smallest absolute Gasteiger partial charge is 0.236 e. The van der Waals surface area contributed by atoms with Crippen molar-refractivity contribution in [1.29, 1.82) is 0 Å². The molecule has 0 atom stereocenters. The van der Waals surface area contributed by atoms with Crippen LogP contribution in [0.5, 0.6) is 5.75 Å². The average molecular weight is 458 g/mol. The lowest BCUT2D eigenvalue weighted by Crippen LogP contribution is -2.14. The highest BCUT2D eigenvalue weighted by Crippen LogP contribution is 2.26. The first-order chi connectivity index (χ1) is 14.7. The van der Waals surface area contributed by atoms with Gasteiger partial charge in [0.05, 0.1) is 10.8 Å². The number of thioether (sulfide) groups is 1. The van der Waals surface area contributed by atoms with Crippen LogP contribution in [0, 0.1) is 0 Å². The molecule has 1 N–H and O–H groups in total. The Morgan fingerprint density at radius 1 is 1.13 bits per heavy atom. The van der Waals surface area contributed by atoms with Crippen molar-refractivity contribution in [1.82, 2.24) is 19.7 Å². The monoisotopic (exact) mass is 457 g/mol. The van der Waals surface area contributed by atoms with Crippen molar-refractivity contribution in [3.05, 3.63) is 77.0 Å². The van der Waals surface area contributed by atoms with Crippen molar-refractivity contribution in [2.75, 3.05) is 11.1 Å². The first kappa shape index (κ1) is 20.4. The molecule has 152 valence electrons. The quantitative estimate of drug-likeness (QED) is 0.386. The van der Waals surface area contributed by atoms with Gasteiger partial charge in [0.1, 0.15) is 12.4 Å². The summed E-state index contributed by atoms with van der Waals surface area (Å²) in [4.78, 5) is 16.3. The van der Waals surface area contributed by atoms with Crippen LogP contribution in [-0.4, -0.2) is 31.4 Å². The fourth-order valence-corrected chi connectivity index (χ4v) is 4.10. The van der Waals surface area contributed by atoms with Crippen molar-refractivity contribution >= 4 is 45.7 Å². The fraction of sp³-hybridized carbons (Fsp3) is 0.100. The van der Waals surface area contributed by atoms with Crippen LogP contribution in [0.1, 0.15) is 5.82 Å². The minimum atomic E-state index is -0.161. The lowest BCUT2D eigenvalue weighted by Gasteiger charge is -2.11. The molecule has 0 saturated carbocycles. The Hall–Kier alpha value is -2.88. The number of halogens is 1. The maximum absolute atomic E-state index is 12.2. The minimum Gasteiger partial charge on any atom is -0.484 e. The topological polar surface area (TPSA) is 81.9 Å². The van der Waals surface area contributed by atoms with E-state index < -0.39 is 0 Å². The number of nitrogens with one attached hydrogen (secondary N) is 1. The molecule has 7 nitrogen and oxygen atoms in total. The number of carbonyl (C=O) groups excluding carboxylic acids is 1. The number of benzene rings is 2. The summed E-state index contributed by atoms with van der Waals surface area (Å²) in [6.07, 6.45) is 1.64. The van der Waals surface area contributed by atoms with Crippen LogP contribution < -0.4 is 10.1 Å². The second kappa shape index (κ2) is 9.75. The van der Waals surface area contributed by atoms with Gasteiger partial charge in [0.25, 0.3) is 0 Å². The molecule has 0 spiro atoms. The van der Waals surface area contributed by atoms with Gasteiger partial charge in [-0.25, -0.2) is 4.98 Å². The van der Waals surface area contributed by atoms with E-state index >= 15 is 0 Å². The summed E-state index contributed by atoms with van der Waals surface area (Å²) in [6, 6.07) is 16.9. The number of thiazole rings is 1. The second-order valence-corrected chi connectivity index (χ2v) is 8.21. The maximum Gasteiger partial charge on any atom is 0.236 e. The first-order valence-corrected chi connectivity index (χ1v) is 11.1. The van der Waals surface area contributed by atoms with Crippen molar-refractivity contribution in [2.24, 2.45) is 0 Å². The number of nitrogens with zero attached hydrogens (tertiary/aromatic N) is 4. The molecule has 2 aromatic heterocycles.